The van der Waals surface area contributed by atoms with Crippen LogP contribution < -0.4 is 10.6 Å². The summed E-state index contributed by atoms with van der Waals surface area (Å²) in [5.41, 5.74) is -1.50. The van der Waals surface area contributed by atoms with Gasteiger partial charge < -0.3 is 15.0 Å². The highest BCUT2D eigenvalue weighted by atomic mass is 19.1. The minimum absolute atomic E-state index is 0.0813. The van der Waals surface area contributed by atoms with Crippen LogP contribution in [0.3, 0.4) is 0 Å². The third-order valence-corrected chi connectivity index (χ3v) is 5.87. The summed E-state index contributed by atoms with van der Waals surface area (Å²) in [6, 6.07) is 3.43. The topological polar surface area (TPSA) is 87.7 Å². The van der Waals surface area contributed by atoms with Gasteiger partial charge in [-0.15, -0.1) is 0 Å². The Morgan fingerprint density at radius 2 is 2.07 bits per heavy atom. The average Bonchev–Trinajstić information content (AvgIpc) is 3.32. The molecule has 0 spiro atoms. The first-order valence-corrected chi connectivity index (χ1v) is 8.86. The average molecular weight is 381 g/mol. The van der Waals surface area contributed by atoms with E-state index >= 15 is 0 Å². The first-order chi connectivity index (χ1) is 13.4. The number of ether oxygens (including phenoxy) is 1. The van der Waals surface area contributed by atoms with Gasteiger partial charge in [0.2, 0.25) is 0 Å². The van der Waals surface area contributed by atoms with Crippen molar-refractivity contribution in [2.45, 2.75) is 18.2 Å². The standard InChI is InChI=1S/C20H16FN3O4/c21-13-5-4-12-10-24(16(25)14(12)9-13)11-20(17(26)22-18(27)23-20)19-6-2-1-3-15(19)28-8-7-19/h1-9,15H,10-11H2,(H2,22,23,26,27)/t15?,19?,20-/m0/s1. The number of fused-ring (bicyclic) bond motifs is 2. The van der Waals surface area contributed by atoms with Gasteiger partial charge in [0.1, 0.15) is 11.9 Å². The van der Waals surface area contributed by atoms with Crippen LogP contribution in [0.25, 0.3) is 0 Å². The second-order valence-electron chi connectivity index (χ2n) is 7.31. The lowest BCUT2D eigenvalue weighted by Gasteiger charge is -2.45. The summed E-state index contributed by atoms with van der Waals surface area (Å²) in [4.78, 5) is 39.5. The molecular weight excluding hydrogens is 365 g/mol. The van der Waals surface area contributed by atoms with E-state index in [0.29, 0.717) is 5.56 Å². The number of hydrogen-bond acceptors (Lipinski definition) is 4. The number of hydrogen-bond donors (Lipinski definition) is 2. The van der Waals surface area contributed by atoms with Crippen molar-refractivity contribution < 1.29 is 23.5 Å². The first kappa shape index (κ1) is 16.7. The van der Waals surface area contributed by atoms with Crippen LogP contribution in [0.15, 0.2) is 54.8 Å². The molecule has 0 saturated carbocycles. The van der Waals surface area contributed by atoms with E-state index in [9.17, 15) is 18.8 Å². The monoisotopic (exact) mass is 381 g/mol. The number of rotatable bonds is 3. The number of allylic oxidation sites excluding steroid dienone is 2. The van der Waals surface area contributed by atoms with E-state index in [1.807, 2.05) is 0 Å². The normalized spacial score (nSPS) is 32.2. The first-order valence-electron chi connectivity index (χ1n) is 8.86. The fraction of sp³-hybridized carbons (Fsp3) is 0.250. The summed E-state index contributed by atoms with van der Waals surface area (Å²) >= 11 is 0. The van der Waals surface area contributed by atoms with Crippen molar-refractivity contribution in [2.75, 3.05) is 6.54 Å². The highest BCUT2D eigenvalue weighted by Gasteiger charge is 2.65. The lowest BCUT2D eigenvalue weighted by atomic mass is 9.64. The van der Waals surface area contributed by atoms with Gasteiger partial charge in [0.15, 0.2) is 5.54 Å². The summed E-state index contributed by atoms with van der Waals surface area (Å²) in [5.74, 6) is -1.41. The molecule has 4 amide bonds. The number of urea groups is 1. The molecule has 142 valence electrons. The second kappa shape index (κ2) is 5.54. The molecule has 3 aliphatic heterocycles. The van der Waals surface area contributed by atoms with Crippen LogP contribution in [0.2, 0.25) is 0 Å². The zero-order chi connectivity index (χ0) is 19.5. The van der Waals surface area contributed by atoms with E-state index in [4.69, 9.17) is 4.74 Å². The number of nitrogens with one attached hydrogen (secondary N) is 2. The van der Waals surface area contributed by atoms with E-state index in [1.54, 1.807) is 36.4 Å². The van der Waals surface area contributed by atoms with Crippen LogP contribution in [-0.2, 0) is 16.1 Å². The molecule has 1 aromatic rings. The quantitative estimate of drug-likeness (QED) is 0.775. The van der Waals surface area contributed by atoms with Crippen LogP contribution in [-0.4, -0.2) is 40.9 Å². The van der Waals surface area contributed by atoms with E-state index in [1.165, 1.54) is 23.3 Å². The Morgan fingerprint density at radius 1 is 1.21 bits per heavy atom. The number of carbonyl (C=O) groups excluding carboxylic acids is 3. The maximum Gasteiger partial charge on any atom is 0.322 e. The minimum atomic E-state index is -1.46. The van der Waals surface area contributed by atoms with Gasteiger partial charge in [0, 0.05) is 12.1 Å². The maximum atomic E-state index is 13.6. The number of benzene rings is 1. The number of carbonyl (C=O) groups is 3. The fourth-order valence-corrected chi connectivity index (χ4v) is 4.50. The Kier molecular flexibility index (Phi) is 3.31. The van der Waals surface area contributed by atoms with Crippen LogP contribution in [0.5, 0.6) is 0 Å². The highest BCUT2D eigenvalue weighted by Crippen LogP contribution is 2.48. The second-order valence-corrected chi connectivity index (χ2v) is 7.31. The molecule has 8 heteroatoms. The van der Waals surface area contributed by atoms with Crippen molar-refractivity contribution in [3.8, 4) is 0 Å². The SMILES string of the molecule is O=C1NC(=O)[C@@](CN2Cc3ccc(F)cc3C2=O)(C23C=CC=CC2OC=C3)N1. The van der Waals surface area contributed by atoms with Crippen LogP contribution in [0.1, 0.15) is 15.9 Å². The molecule has 2 unspecified atom stereocenters. The van der Waals surface area contributed by atoms with E-state index in [0.717, 1.165) is 0 Å². The number of halogens is 1. The zero-order valence-corrected chi connectivity index (χ0v) is 14.6. The Labute approximate surface area is 159 Å². The Hall–Kier alpha value is -3.42. The third kappa shape index (κ3) is 2.05. The number of nitrogens with zero attached hydrogens (tertiary/aromatic N) is 1. The van der Waals surface area contributed by atoms with Crippen LogP contribution >= 0.6 is 0 Å². The Bertz CT molecular complexity index is 1020. The summed E-state index contributed by atoms with van der Waals surface area (Å²) in [7, 11) is 0. The van der Waals surface area contributed by atoms with E-state index in [-0.39, 0.29) is 24.6 Å². The predicted octanol–water partition coefficient (Wildman–Crippen LogP) is 1.38. The van der Waals surface area contributed by atoms with Gasteiger partial charge in [-0.1, -0.05) is 24.3 Å². The molecule has 1 fully saturated rings. The van der Waals surface area contributed by atoms with Crippen molar-refractivity contribution in [2.24, 2.45) is 5.41 Å². The summed E-state index contributed by atoms with van der Waals surface area (Å²) in [6.45, 7) is 0.145. The van der Waals surface area contributed by atoms with Gasteiger partial charge in [0.05, 0.1) is 18.2 Å². The molecule has 1 aromatic carbocycles. The number of amides is 4. The molecule has 5 rings (SSSR count). The third-order valence-electron chi connectivity index (χ3n) is 5.87. The molecule has 7 nitrogen and oxygen atoms in total. The Balaban J connectivity index is 1.57. The highest BCUT2D eigenvalue weighted by molar-refractivity contribution is 6.09. The molecule has 1 aliphatic carbocycles. The predicted molar refractivity (Wildman–Crippen MR) is 95.3 cm³/mol. The van der Waals surface area contributed by atoms with Gasteiger partial charge in [0.25, 0.3) is 11.8 Å². The molecular formula is C20H16FN3O4. The van der Waals surface area contributed by atoms with Gasteiger partial charge in [-0.2, -0.15) is 0 Å². The molecule has 3 atom stereocenters. The molecule has 3 heterocycles. The fourth-order valence-electron chi connectivity index (χ4n) is 4.50. The largest absolute Gasteiger partial charge is 0.493 e. The molecule has 0 radical (unpaired) electrons. The van der Waals surface area contributed by atoms with E-state index < -0.39 is 34.8 Å². The molecule has 1 saturated heterocycles. The van der Waals surface area contributed by atoms with Gasteiger partial charge in [-0.3, -0.25) is 14.9 Å². The molecule has 28 heavy (non-hydrogen) atoms. The molecule has 0 bridgehead atoms. The molecule has 0 aromatic heterocycles. The van der Waals surface area contributed by atoms with Crippen LogP contribution in [0, 0.1) is 11.2 Å². The lowest BCUT2D eigenvalue weighted by Crippen LogP contribution is -2.67. The smallest absolute Gasteiger partial charge is 0.322 e. The summed E-state index contributed by atoms with van der Waals surface area (Å²) in [5, 5.41) is 5.05. The van der Waals surface area contributed by atoms with Crippen molar-refractivity contribution >= 4 is 17.8 Å². The lowest BCUT2D eigenvalue weighted by molar-refractivity contribution is -0.128. The molecule has 4 aliphatic rings. The summed E-state index contributed by atoms with van der Waals surface area (Å²) < 4.78 is 19.2. The zero-order valence-electron chi connectivity index (χ0n) is 14.6. The van der Waals surface area contributed by atoms with Gasteiger partial charge in [-0.25, -0.2) is 9.18 Å². The maximum absolute atomic E-state index is 13.6. The van der Waals surface area contributed by atoms with Crippen molar-refractivity contribution in [1.82, 2.24) is 15.5 Å². The van der Waals surface area contributed by atoms with Gasteiger partial charge >= 0.3 is 6.03 Å². The summed E-state index contributed by atoms with van der Waals surface area (Å²) in [6.07, 6.45) is 9.92. The number of imide groups is 1. The van der Waals surface area contributed by atoms with Crippen molar-refractivity contribution in [1.29, 1.82) is 0 Å². The van der Waals surface area contributed by atoms with E-state index in [2.05, 4.69) is 10.6 Å². The molecule has 2 N–H and O–H groups in total. The van der Waals surface area contributed by atoms with Gasteiger partial charge in [-0.05, 0) is 29.8 Å². The van der Waals surface area contributed by atoms with Crippen LogP contribution in [0.4, 0.5) is 9.18 Å². The minimum Gasteiger partial charge on any atom is -0.493 e. The van der Waals surface area contributed by atoms with Crippen molar-refractivity contribution in [3.63, 3.8) is 0 Å². The Morgan fingerprint density at radius 3 is 2.86 bits per heavy atom. The van der Waals surface area contributed by atoms with Crippen molar-refractivity contribution in [3.05, 3.63) is 71.8 Å².